The first-order valence-electron chi connectivity index (χ1n) is 6.86. The van der Waals surface area contributed by atoms with Crippen molar-refractivity contribution in [1.82, 2.24) is 4.90 Å². The molecule has 19 heavy (non-hydrogen) atoms. The van der Waals surface area contributed by atoms with Gasteiger partial charge in [0.25, 0.3) is 0 Å². The molecule has 4 heteroatoms. The third-order valence-electron chi connectivity index (χ3n) is 3.79. The lowest BCUT2D eigenvalue weighted by Gasteiger charge is -2.28. The number of hydrogen-bond acceptors (Lipinski definition) is 2. The zero-order valence-electron chi connectivity index (χ0n) is 11.0. The van der Waals surface area contributed by atoms with Crippen molar-refractivity contribution in [3.8, 4) is 0 Å². The fourth-order valence-corrected chi connectivity index (χ4v) is 3.15. The molecule has 1 aliphatic carbocycles. The van der Waals surface area contributed by atoms with Gasteiger partial charge in [0.15, 0.2) is 0 Å². The lowest BCUT2D eigenvalue weighted by Crippen LogP contribution is -2.34. The summed E-state index contributed by atoms with van der Waals surface area (Å²) >= 11 is 3.57. The van der Waals surface area contributed by atoms with Crippen LogP contribution in [-0.4, -0.2) is 28.6 Å². The van der Waals surface area contributed by atoms with Crippen LogP contribution in [-0.2, 0) is 11.3 Å². The average molecular weight is 326 g/mol. The zero-order valence-corrected chi connectivity index (χ0v) is 12.6. The highest BCUT2D eigenvalue weighted by Gasteiger charge is 2.23. The van der Waals surface area contributed by atoms with Gasteiger partial charge in [-0.2, -0.15) is 0 Å². The number of carboxylic acid groups (broad SMARTS) is 1. The molecular weight excluding hydrogens is 306 g/mol. The van der Waals surface area contributed by atoms with Crippen LogP contribution in [0.5, 0.6) is 0 Å². The van der Waals surface area contributed by atoms with E-state index in [9.17, 15) is 4.79 Å². The molecule has 0 radical (unpaired) electrons. The fraction of sp³-hybridized carbons (Fsp3) is 0.533. The number of rotatable bonds is 6. The van der Waals surface area contributed by atoms with E-state index in [0.717, 1.165) is 11.0 Å². The quantitative estimate of drug-likeness (QED) is 0.867. The maximum atomic E-state index is 10.8. The molecule has 1 aromatic rings. The molecule has 1 N–H and O–H groups in total. The Balaban J connectivity index is 2.04. The minimum absolute atomic E-state index is 0.223. The molecule has 1 saturated carbocycles. The molecule has 0 saturated heterocycles. The van der Waals surface area contributed by atoms with Crippen molar-refractivity contribution in [2.24, 2.45) is 0 Å². The topological polar surface area (TPSA) is 40.5 Å². The van der Waals surface area contributed by atoms with Gasteiger partial charge in [-0.1, -0.05) is 47.0 Å². The van der Waals surface area contributed by atoms with E-state index in [4.69, 9.17) is 5.11 Å². The molecule has 0 heterocycles. The normalized spacial score (nSPS) is 16.1. The molecule has 1 aromatic carbocycles. The predicted octanol–water partition coefficient (Wildman–Crippen LogP) is 3.67. The summed E-state index contributed by atoms with van der Waals surface area (Å²) in [7, 11) is 0. The maximum absolute atomic E-state index is 10.8. The van der Waals surface area contributed by atoms with Crippen molar-refractivity contribution in [2.45, 2.75) is 44.7 Å². The average Bonchev–Trinajstić information content (AvgIpc) is 2.90. The number of hydrogen-bond donors (Lipinski definition) is 1. The van der Waals surface area contributed by atoms with E-state index in [-0.39, 0.29) is 6.42 Å². The molecule has 0 aromatic heterocycles. The number of halogens is 1. The van der Waals surface area contributed by atoms with Gasteiger partial charge in [0.2, 0.25) is 0 Å². The molecule has 0 unspecified atom stereocenters. The van der Waals surface area contributed by atoms with E-state index in [0.29, 0.717) is 12.6 Å². The molecule has 0 bridgehead atoms. The van der Waals surface area contributed by atoms with E-state index < -0.39 is 5.97 Å². The summed E-state index contributed by atoms with van der Waals surface area (Å²) in [5, 5.41) is 8.89. The summed E-state index contributed by atoms with van der Waals surface area (Å²) in [6, 6.07) is 8.73. The van der Waals surface area contributed by atoms with Crippen LogP contribution in [0.2, 0.25) is 0 Å². The molecular formula is C15H20BrNO2. The highest BCUT2D eigenvalue weighted by atomic mass is 79.9. The van der Waals surface area contributed by atoms with E-state index in [1.54, 1.807) is 0 Å². The van der Waals surface area contributed by atoms with Crippen molar-refractivity contribution in [2.75, 3.05) is 6.54 Å². The number of carbonyl (C=O) groups is 1. The lowest BCUT2D eigenvalue weighted by molar-refractivity contribution is -0.137. The van der Waals surface area contributed by atoms with Gasteiger partial charge in [-0.25, -0.2) is 0 Å². The second-order valence-electron chi connectivity index (χ2n) is 5.14. The van der Waals surface area contributed by atoms with E-state index in [1.165, 1.54) is 31.2 Å². The molecule has 1 aliphatic rings. The Morgan fingerprint density at radius 3 is 2.63 bits per heavy atom. The minimum atomic E-state index is -0.713. The van der Waals surface area contributed by atoms with Crippen molar-refractivity contribution in [3.05, 3.63) is 34.3 Å². The summed E-state index contributed by atoms with van der Waals surface area (Å²) < 4.78 is 1.10. The summed E-state index contributed by atoms with van der Waals surface area (Å²) in [5.74, 6) is -0.713. The van der Waals surface area contributed by atoms with Crippen molar-refractivity contribution in [1.29, 1.82) is 0 Å². The van der Waals surface area contributed by atoms with Crippen LogP contribution >= 0.6 is 15.9 Å². The Kier molecular flexibility index (Phi) is 5.40. The molecule has 0 spiro atoms. The first-order chi connectivity index (χ1) is 9.16. The van der Waals surface area contributed by atoms with Crippen LogP contribution in [0.4, 0.5) is 0 Å². The predicted molar refractivity (Wildman–Crippen MR) is 79.1 cm³/mol. The van der Waals surface area contributed by atoms with Crippen LogP contribution in [0.15, 0.2) is 28.7 Å². The molecule has 0 atom stereocenters. The Morgan fingerprint density at radius 2 is 2.00 bits per heavy atom. The maximum Gasteiger partial charge on any atom is 0.304 e. The third kappa shape index (κ3) is 4.32. The van der Waals surface area contributed by atoms with Gasteiger partial charge in [-0.05, 0) is 24.5 Å². The van der Waals surface area contributed by atoms with Crippen LogP contribution in [0, 0.1) is 0 Å². The molecule has 1 fully saturated rings. The second kappa shape index (κ2) is 7.06. The molecule has 2 rings (SSSR count). The lowest BCUT2D eigenvalue weighted by atomic mass is 10.1. The highest BCUT2D eigenvalue weighted by Crippen LogP contribution is 2.26. The Morgan fingerprint density at radius 1 is 1.32 bits per heavy atom. The van der Waals surface area contributed by atoms with Gasteiger partial charge in [0.1, 0.15) is 0 Å². The summed E-state index contributed by atoms with van der Waals surface area (Å²) in [6.45, 7) is 1.47. The van der Waals surface area contributed by atoms with Crippen LogP contribution in [0.3, 0.4) is 0 Å². The summed E-state index contributed by atoms with van der Waals surface area (Å²) in [5.41, 5.74) is 1.24. The zero-order chi connectivity index (χ0) is 13.7. The first-order valence-corrected chi connectivity index (χ1v) is 7.65. The van der Waals surface area contributed by atoms with Crippen LogP contribution in [0.25, 0.3) is 0 Å². The van der Waals surface area contributed by atoms with Crippen molar-refractivity contribution in [3.63, 3.8) is 0 Å². The van der Waals surface area contributed by atoms with Crippen LogP contribution < -0.4 is 0 Å². The standard InChI is InChI=1S/C15H20BrNO2/c16-14-8-4-1-5-12(14)11-17(10-9-15(18)19)13-6-2-3-7-13/h1,4-5,8,13H,2-3,6-7,9-11H2,(H,18,19). The number of benzene rings is 1. The Hall–Kier alpha value is -0.870. The number of aliphatic carboxylic acids is 1. The van der Waals surface area contributed by atoms with E-state index in [1.807, 2.05) is 18.2 Å². The summed E-state index contributed by atoms with van der Waals surface area (Å²) in [4.78, 5) is 13.1. The van der Waals surface area contributed by atoms with Crippen molar-refractivity contribution >= 4 is 21.9 Å². The SMILES string of the molecule is O=C(O)CCN(Cc1ccccc1Br)C1CCCC1. The smallest absolute Gasteiger partial charge is 0.304 e. The van der Waals surface area contributed by atoms with Crippen molar-refractivity contribution < 1.29 is 9.90 Å². The van der Waals surface area contributed by atoms with Gasteiger partial charge < -0.3 is 5.11 Å². The molecule has 0 amide bonds. The van der Waals surface area contributed by atoms with Gasteiger partial charge in [0.05, 0.1) is 6.42 Å². The Bertz CT molecular complexity index is 430. The second-order valence-corrected chi connectivity index (χ2v) is 6.00. The minimum Gasteiger partial charge on any atom is -0.481 e. The van der Waals surface area contributed by atoms with E-state index >= 15 is 0 Å². The van der Waals surface area contributed by atoms with Gasteiger partial charge in [-0.15, -0.1) is 0 Å². The number of carboxylic acids is 1. The van der Waals surface area contributed by atoms with Gasteiger partial charge in [-0.3, -0.25) is 9.69 Å². The number of nitrogens with zero attached hydrogens (tertiary/aromatic N) is 1. The van der Waals surface area contributed by atoms with E-state index in [2.05, 4.69) is 26.9 Å². The van der Waals surface area contributed by atoms with Gasteiger partial charge in [0, 0.05) is 23.6 Å². The highest BCUT2D eigenvalue weighted by molar-refractivity contribution is 9.10. The summed E-state index contributed by atoms with van der Waals surface area (Å²) in [6.07, 6.45) is 5.16. The Labute approximate surface area is 122 Å². The van der Waals surface area contributed by atoms with Crippen LogP contribution in [0.1, 0.15) is 37.7 Å². The monoisotopic (exact) mass is 325 g/mol. The fourth-order valence-electron chi connectivity index (χ4n) is 2.74. The molecule has 0 aliphatic heterocycles. The molecule has 104 valence electrons. The third-order valence-corrected chi connectivity index (χ3v) is 4.56. The first kappa shape index (κ1) is 14.5. The van der Waals surface area contributed by atoms with Gasteiger partial charge >= 0.3 is 5.97 Å². The largest absolute Gasteiger partial charge is 0.481 e. The molecule has 3 nitrogen and oxygen atoms in total.